The fourth-order valence-electron chi connectivity index (χ4n) is 1.69. The number of nitrogens with two attached hydrogens (primary N) is 1. The fraction of sp³-hybridized carbons (Fsp3) is 0.267. The highest BCUT2D eigenvalue weighted by atomic mass is 35.5. The number of carbonyl (C=O) groups excluding carboxylic acids is 5. The number of amides is 3. The molecule has 0 aromatic heterocycles. The quantitative estimate of drug-likeness (QED) is 0.490. The van der Waals surface area contributed by atoms with E-state index in [1.165, 1.54) is 13.8 Å². The molecule has 0 spiro atoms. The standard InChI is InChI=1S/C15H16ClN3O7/c1-3-25-14(23)12(21)18-8-5-7(11(17)20)6-9(10(8)16)19-13(22)15(24)26-4-2/h5-6H,3-4H2,1-2H3,(H2,17,20)(H,18,21)(H,19,22). The van der Waals surface area contributed by atoms with Gasteiger partial charge in [-0.15, -0.1) is 0 Å². The van der Waals surface area contributed by atoms with E-state index in [4.69, 9.17) is 17.3 Å². The summed E-state index contributed by atoms with van der Waals surface area (Å²) in [6.45, 7) is 2.97. The molecule has 140 valence electrons. The van der Waals surface area contributed by atoms with Crippen molar-refractivity contribution in [3.8, 4) is 0 Å². The van der Waals surface area contributed by atoms with Crippen molar-refractivity contribution < 1.29 is 33.4 Å². The van der Waals surface area contributed by atoms with E-state index in [0.717, 1.165) is 12.1 Å². The molecule has 26 heavy (non-hydrogen) atoms. The molecule has 0 saturated heterocycles. The van der Waals surface area contributed by atoms with Crippen molar-refractivity contribution in [1.82, 2.24) is 0 Å². The number of ether oxygens (including phenoxy) is 2. The average Bonchev–Trinajstić information content (AvgIpc) is 2.58. The van der Waals surface area contributed by atoms with Crippen LogP contribution in [0, 0.1) is 0 Å². The monoisotopic (exact) mass is 385 g/mol. The number of hydrogen-bond acceptors (Lipinski definition) is 7. The van der Waals surface area contributed by atoms with Crippen molar-refractivity contribution in [1.29, 1.82) is 0 Å². The summed E-state index contributed by atoms with van der Waals surface area (Å²) in [6.07, 6.45) is 0. The van der Waals surface area contributed by atoms with E-state index in [9.17, 15) is 24.0 Å². The summed E-state index contributed by atoms with van der Waals surface area (Å²) in [6, 6.07) is 2.20. The first-order valence-electron chi connectivity index (χ1n) is 7.30. The Morgan fingerprint density at radius 1 is 0.923 bits per heavy atom. The molecule has 0 aliphatic heterocycles. The van der Waals surface area contributed by atoms with Gasteiger partial charge in [-0.1, -0.05) is 11.6 Å². The van der Waals surface area contributed by atoms with Gasteiger partial charge in [0.1, 0.15) is 0 Å². The molecule has 1 rings (SSSR count). The van der Waals surface area contributed by atoms with E-state index in [2.05, 4.69) is 20.1 Å². The summed E-state index contributed by atoms with van der Waals surface area (Å²) < 4.78 is 9.06. The molecule has 4 N–H and O–H groups in total. The summed E-state index contributed by atoms with van der Waals surface area (Å²) in [7, 11) is 0. The van der Waals surface area contributed by atoms with Gasteiger partial charge in [-0.3, -0.25) is 14.4 Å². The average molecular weight is 386 g/mol. The highest BCUT2D eigenvalue weighted by Crippen LogP contribution is 2.32. The molecule has 10 nitrogen and oxygen atoms in total. The van der Waals surface area contributed by atoms with Crippen molar-refractivity contribution in [2.24, 2.45) is 5.73 Å². The number of carbonyl (C=O) groups is 5. The molecular formula is C15H16ClN3O7. The Morgan fingerprint density at radius 2 is 1.31 bits per heavy atom. The Labute approximate surface area is 152 Å². The van der Waals surface area contributed by atoms with Crippen LogP contribution in [0.15, 0.2) is 12.1 Å². The van der Waals surface area contributed by atoms with Gasteiger partial charge in [0.05, 0.1) is 29.6 Å². The summed E-state index contributed by atoms with van der Waals surface area (Å²) >= 11 is 6.05. The minimum Gasteiger partial charge on any atom is -0.459 e. The summed E-state index contributed by atoms with van der Waals surface area (Å²) in [5, 5.41) is 4.03. The third-order valence-electron chi connectivity index (χ3n) is 2.78. The van der Waals surface area contributed by atoms with Gasteiger partial charge in [-0.25, -0.2) is 9.59 Å². The minimum absolute atomic E-state index is 0.0256. The van der Waals surface area contributed by atoms with Gasteiger partial charge >= 0.3 is 23.8 Å². The zero-order chi connectivity index (χ0) is 19.9. The van der Waals surface area contributed by atoms with Crippen LogP contribution in [-0.2, 0) is 28.7 Å². The van der Waals surface area contributed by atoms with Gasteiger partial charge in [0.2, 0.25) is 5.91 Å². The van der Waals surface area contributed by atoms with Crippen LogP contribution in [0.2, 0.25) is 5.02 Å². The number of primary amides is 1. The molecule has 0 heterocycles. The molecular weight excluding hydrogens is 370 g/mol. The molecule has 0 unspecified atom stereocenters. The number of hydrogen-bond donors (Lipinski definition) is 3. The number of halogens is 1. The largest absolute Gasteiger partial charge is 0.459 e. The second-order valence-electron chi connectivity index (χ2n) is 4.60. The van der Waals surface area contributed by atoms with Crippen LogP contribution in [0.3, 0.4) is 0 Å². The molecule has 0 aliphatic rings. The van der Waals surface area contributed by atoms with Crippen LogP contribution >= 0.6 is 11.6 Å². The predicted octanol–water partition coefficient (Wildman–Crippen LogP) is 0.442. The van der Waals surface area contributed by atoms with Crippen LogP contribution in [0.4, 0.5) is 11.4 Å². The molecule has 1 aromatic rings. The summed E-state index contributed by atoms with van der Waals surface area (Å²) in [4.78, 5) is 57.7. The topological polar surface area (TPSA) is 154 Å². The number of esters is 2. The van der Waals surface area contributed by atoms with Crippen LogP contribution in [-0.4, -0.2) is 42.9 Å². The lowest BCUT2D eigenvalue weighted by Crippen LogP contribution is -2.27. The molecule has 0 atom stereocenters. The Bertz CT molecular complexity index is 711. The third kappa shape index (κ3) is 5.45. The molecule has 3 amide bonds. The van der Waals surface area contributed by atoms with E-state index in [-0.39, 0.29) is 35.2 Å². The zero-order valence-corrected chi connectivity index (χ0v) is 14.6. The van der Waals surface area contributed by atoms with Gasteiger partial charge < -0.3 is 25.8 Å². The molecule has 0 fully saturated rings. The van der Waals surface area contributed by atoms with Crippen molar-refractivity contribution in [2.45, 2.75) is 13.8 Å². The maximum Gasteiger partial charge on any atom is 0.397 e. The van der Waals surface area contributed by atoms with E-state index in [0.29, 0.717) is 0 Å². The first-order chi connectivity index (χ1) is 12.2. The van der Waals surface area contributed by atoms with E-state index in [1.54, 1.807) is 0 Å². The zero-order valence-electron chi connectivity index (χ0n) is 13.9. The normalized spacial score (nSPS) is 9.81. The van der Waals surface area contributed by atoms with Crippen molar-refractivity contribution in [3.05, 3.63) is 22.7 Å². The molecule has 11 heteroatoms. The lowest BCUT2D eigenvalue weighted by molar-refractivity contribution is -0.152. The second-order valence-corrected chi connectivity index (χ2v) is 4.98. The lowest BCUT2D eigenvalue weighted by atomic mass is 10.1. The Kier molecular flexibility index (Phi) is 7.53. The highest BCUT2D eigenvalue weighted by Gasteiger charge is 2.22. The smallest absolute Gasteiger partial charge is 0.397 e. The molecule has 0 aliphatic carbocycles. The van der Waals surface area contributed by atoms with Crippen LogP contribution < -0.4 is 16.4 Å². The Hall–Kier alpha value is -3.14. The summed E-state index contributed by atoms with van der Waals surface area (Å²) in [5.41, 5.74) is 4.65. The SMILES string of the molecule is CCOC(=O)C(=O)Nc1cc(C(N)=O)cc(NC(=O)C(=O)OCC)c1Cl. The van der Waals surface area contributed by atoms with E-state index in [1.807, 2.05) is 0 Å². The fourth-order valence-corrected chi connectivity index (χ4v) is 1.89. The third-order valence-corrected chi connectivity index (χ3v) is 3.18. The lowest BCUT2D eigenvalue weighted by Gasteiger charge is -2.13. The van der Waals surface area contributed by atoms with Crippen molar-refractivity contribution >= 4 is 52.6 Å². The van der Waals surface area contributed by atoms with Crippen LogP contribution in [0.1, 0.15) is 24.2 Å². The molecule has 0 bridgehead atoms. The molecule has 0 saturated carbocycles. The van der Waals surface area contributed by atoms with Crippen molar-refractivity contribution in [3.63, 3.8) is 0 Å². The maximum absolute atomic E-state index is 11.7. The number of nitrogens with one attached hydrogen (secondary N) is 2. The van der Waals surface area contributed by atoms with Crippen molar-refractivity contribution in [2.75, 3.05) is 23.8 Å². The molecule has 0 radical (unpaired) electrons. The van der Waals surface area contributed by atoms with Gasteiger partial charge in [0.15, 0.2) is 0 Å². The summed E-state index contributed by atoms with van der Waals surface area (Å²) in [5.74, 6) is -5.56. The molecule has 1 aromatic carbocycles. The maximum atomic E-state index is 11.7. The van der Waals surface area contributed by atoms with Crippen LogP contribution in [0.25, 0.3) is 0 Å². The number of benzene rings is 1. The minimum atomic E-state index is -1.18. The highest BCUT2D eigenvalue weighted by molar-refractivity contribution is 6.43. The first-order valence-corrected chi connectivity index (χ1v) is 7.68. The Balaban J connectivity index is 3.19. The Morgan fingerprint density at radius 3 is 1.62 bits per heavy atom. The first kappa shape index (κ1) is 20.9. The van der Waals surface area contributed by atoms with E-state index >= 15 is 0 Å². The van der Waals surface area contributed by atoms with Crippen LogP contribution in [0.5, 0.6) is 0 Å². The predicted molar refractivity (Wildman–Crippen MR) is 90.5 cm³/mol. The van der Waals surface area contributed by atoms with Gasteiger partial charge in [0, 0.05) is 5.56 Å². The number of anilines is 2. The number of rotatable bonds is 5. The van der Waals surface area contributed by atoms with Gasteiger partial charge in [0.25, 0.3) is 0 Å². The van der Waals surface area contributed by atoms with E-state index < -0.39 is 29.7 Å². The second kappa shape index (κ2) is 9.37. The van der Waals surface area contributed by atoms with Gasteiger partial charge in [-0.05, 0) is 26.0 Å². The van der Waals surface area contributed by atoms with Gasteiger partial charge in [-0.2, -0.15) is 0 Å².